The van der Waals surface area contributed by atoms with E-state index in [9.17, 15) is 9.18 Å². The Labute approximate surface area is 90.5 Å². The van der Waals surface area contributed by atoms with Crippen LogP contribution in [0.25, 0.3) is 0 Å². The predicted octanol–water partition coefficient (Wildman–Crippen LogP) is 0.633. The average molecular weight is 220 g/mol. The van der Waals surface area contributed by atoms with Gasteiger partial charge in [0, 0.05) is 6.42 Å². The van der Waals surface area contributed by atoms with Gasteiger partial charge in [0.2, 0.25) is 5.82 Å². The Kier molecular flexibility index (Phi) is 2.63. The Hall–Kier alpha value is -2.24. The van der Waals surface area contributed by atoms with E-state index in [-0.39, 0.29) is 11.6 Å². The van der Waals surface area contributed by atoms with Crippen LogP contribution in [0.1, 0.15) is 22.0 Å². The fraction of sp³-hybridized carbons (Fsp3) is 0.100. The van der Waals surface area contributed by atoms with E-state index in [1.165, 1.54) is 12.1 Å². The molecule has 1 aromatic heterocycles. The highest BCUT2D eigenvalue weighted by molar-refractivity contribution is 5.88. The van der Waals surface area contributed by atoms with E-state index in [2.05, 4.69) is 15.2 Å². The molecule has 0 saturated carbocycles. The first-order valence-corrected chi connectivity index (χ1v) is 4.60. The lowest BCUT2D eigenvalue weighted by Crippen LogP contribution is -2.12. The molecule has 0 aliphatic heterocycles. The summed E-state index contributed by atoms with van der Waals surface area (Å²) in [6.07, 6.45) is 0.373. The van der Waals surface area contributed by atoms with Crippen molar-refractivity contribution in [3.63, 3.8) is 0 Å². The first kappa shape index (κ1) is 10.3. The largest absolute Gasteiger partial charge is 0.363 e. The molecule has 3 N–H and O–H groups in total. The number of primary amides is 1. The van der Waals surface area contributed by atoms with Crippen molar-refractivity contribution in [2.24, 2.45) is 5.73 Å². The first-order valence-electron chi connectivity index (χ1n) is 4.60. The third-order valence-electron chi connectivity index (χ3n) is 2.01. The number of rotatable bonds is 3. The van der Waals surface area contributed by atoms with Crippen LogP contribution in [0.15, 0.2) is 24.3 Å². The zero-order chi connectivity index (χ0) is 11.5. The van der Waals surface area contributed by atoms with Gasteiger partial charge in [0.1, 0.15) is 11.6 Å². The summed E-state index contributed by atoms with van der Waals surface area (Å²) in [5.41, 5.74) is 5.74. The number of H-pyrrole nitrogens is 1. The number of hydrogen-bond donors (Lipinski definition) is 2. The van der Waals surface area contributed by atoms with E-state index in [0.29, 0.717) is 12.2 Å². The van der Waals surface area contributed by atoms with Crippen molar-refractivity contribution in [3.05, 3.63) is 47.3 Å². The maximum atomic E-state index is 12.9. The van der Waals surface area contributed by atoms with Crippen LogP contribution in [0.4, 0.5) is 4.39 Å². The van der Waals surface area contributed by atoms with E-state index >= 15 is 0 Å². The van der Waals surface area contributed by atoms with Crippen molar-refractivity contribution in [1.82, 2.24) is 15.2 Å². The van der Waals surface area contributed by atoms with Gasteiger partial charge in [0.05, 0.1) is 0 Å². The topological polar surface area (TPSA) is 84.7 Å². The minimum atomic E-state index is -0.693. The number of nitrogens with two attached hydrogens (primary N) is 1. The molecule has 0 fully saturated rings. The summed E-state index contributed by atoms with van der Waals surface area (Å²) < 4.78 is 12.9. The molecule has 82 valence electrons. The summed E-state index contributed by atoms with van der Waals surface area (Å²) in [4.78, 5) is 14.6. The van der Waals surface area contributed by atoms with Gasteiger partial charge in [-0.1, -0.05) is 12.1 Å². The van der Waals surface area contributed by atoms with Gasteiger partial charge < -0.3 is 5.73 Å². The molecule has 0 spiro atoms. The summed E-state index contributed by atoms with van der Waals surface area (Å²) >= 11 is 0. The van der Waals surface area contributed by atoms with Crippen LogP contribution in [0.3, 0.4) is 0 Å². The standard InChI is InChI=1S/C10H9FN4O/c11-7-3-1-2-6(4-7)5-8-13-10(9(12)16)15-14-8/h1-4H,5H2,(H2,12,16)(H,13,14,15). The number of aromatic nitrogens is 3. The van der Waals surface area contributed by atoms with Gasteiger partial charge in [-0.3, -0.25) is 9.89 Å². The second-order valence-electron chi connectivity index (χ2n) is 3.28. The Morgan fingerprint density at radius 1 is 1.50 bits per heavy atom. The normalized spacial score (nSPS) is 10.3. The molecule has 1 amide bonds. The number of aromatic amines is 1. The molecule has 0 bridgehead atoms. The van der Waals surface area contributed by atoms with Crippen molar-refractivity contribution in [2.75, 3.05) is 0 Å². The lowest BCUT2D eigenvalue weighted by Gasteiger charge is -1.96. The number of benzene rings is 1. The van der Waals surface area contributed by atoms with Gasteiger partial charge in [0.25, 0.3) is 5.91 Å². The maximum Gasteiger partial charge on any atom is 0.288 e. The summed E-state index contributed by atoms with van der Waals surface area (Å²) in [6, 6.07) is 6.12. The van der Waals surface area contributed by atoms with Crippen molar-refractivity contribution < 1.29 is 9.18 Å². The number of halogens is 1. The van der Waals surface area contributed by atoms with Gasteiger partial charge >= 0.3 is 0 Å². The summed E-state index contributed by atoms with van der Waals surface area (Å²) in [6.45, 7) is 0. The molecule has 0 aliphatic carbocycles. The van der Waals surface area contributed by atoms with Crippen molar-refractivity contribution >= 4 is 5.91 Å². The third-order valence-corrected chi connectivity index (χ3v) is 2.01. The summed E-state index contributed by atoms with van der Waals surface area (Å²) in [5.74, 6) is -0.598. The molecule has 2 aromatic rings. The zero-order valence-corrected chi connectivity index (χ0v) is 8.27. The summed E-state index contributed by atoms with van der Waals surface area (Å²) in [5, 5.41) is 6.20. The van der Waals surface area contributed by atoms with Crippen LogP contribution in [0, 0.1) is 5.82 Å². The molecule has 0 aliphatic rings. The predicted molar refractivity (Wildman–Crippen MR) is 54.1 cm³/mol. The minimum absolute atomic E-state index is 0.0635. The Bertz CT molecular complexity index is 523. The average Bonchev–Trinajstić information content (AvgIpc) is 2.66. The second-order valence-corrected chi connectivity index (χ2v) is 3.28. The van der Waals surface area contributed by atoms with Gasteiger partial charge in [-0.2, -0.15) is 0 Å². The van der Waals surface area contributed by atoms with Gasteiger partial charge in [-0.25, -0.2) is 9.37 Å². The molecule has 0 saturated heterocycles. The lowest BCUT2D eigenvalue weighted by atomic mass is 10.1. The van der Waals surface area contributed by atoms with Crippen LogP contribution in [0.5, 0.6) is 0 Å². The molecule has 16 heavy (non-hydrogen) atoms. The van der Waals surface area contributed by atoms with Gasteiger partial charge in [-0.05, 0) is 17.7 Å². The molecule has 0 unspecified atom stereocenters. The number of nitrogens with zero attached hydrogens (tertiary/aromatic N) is 2. The number of hydrogen-bond acceptors (Lipinski definition) is 3. The van der Waals surface area contributed by atoms with Crippen molar-refractivity contribution in [1.29, 1.82) is 0 Å². The smallest absolute Gasteiger partial charge is 0.288 e. The Morgan fingerprint density at radius 2 is 2.31 bits per heavy atom. The molecular formula is C10H9FN4O. The maximum absolute atomic E-state index is 12.9. The van der Waals surface area contributed by atoms with E-state index in [0.717, 1.165) is 5.56 Å². The monoisotopic (exact) mass is 220 g/mol. The second kappa shape index (κ2) is 4.09. The number of carbonyl (C=O) groups is 1. The van der Waals surface area contributed by atoms with Crippen LogP contribution >= 0.6 is 0 Å². The number of amides is 1. The zero-order valence-electron chi connectivity index (χ0n) is 8.27. The molecule has 5 nitrogen and oxygen atoms in total. The van der Waals surface area contributed by atoms with E-state index in [4.69, 9.17) is 5.73 Å². The van der Waals surface area contributed by atoms with Crippen LogP contribution in [-0.2, 0) is 6.42 Å². The number of nitrogens with one attached hydrogen (secondary N) is 1. The molecule has 6 heteroatoms. The van der Waals surface area contributed by atoms with Gasteiger partial charge in [-0.15, -0.1) is 5.10 Å². The van der Waals surface area contributed by atoms with E-state index < -0.39 is 5.91 Å². The van der Waals surface area contributed by atoms with E-state index in [1.807, 2.05) is 0 Å². The highest BCUT2D eigenvalue weighted by atomic mass is 19.1. The molecule has 0 atom stereocenters. The van der Waals surface area contributed by atoms with Crippen LogP contribution in [0.2, 0.25) is 0 Å². The first-order chi connectivity index (χ1) is 7.65. The third kappa shape index (κ3) is 2.22. The molecule has 0 radical (unpaired) electrons. The minimum Gasteiger partial charge on any atom is -0.363 e. The highest BCUT2D eigenvalue weighted by Crippen LogP contribution is 2.07. The van der Waals surface area contributed by atoms with Crippen molar-refractivity contribution in [3.8, 4) is 0 Å². The molecule has 1 heterocycles. The van der Waals surface area contributed by atoms with Crippen LogP contribution < -0.4 is 5.73 Å². The van der Waals surface area contributed by atoms with Crippen LogP contribution in [-0.4, -0.2) is 21.1 Å². The summed E-state index contributed by atoms with van der Waals surface area (Å²) in [7, 11) is 0. The van der Waals surface area contributed by atoms with Gasteiger partial charge in [0.15, 0.2) is 0 Å². The SMILES string of the molecule is NC(=O)c1n[nH]c(Cc2cccc(F)c2)n1. The quantitative estimate of drug-likeness (QED) is 0.795. The molecular weight excluding hydrogens is 211 g/mol. The molecule has 2 rings (SSSR count). The van der Waals surface area contributed by atoms with E-state index in [1.54, 1.807) is 12.1 Å². The number of carbonyl (C=O) groups excluding carboxylic acids is 1. The Balaban J connectivity index is 2.17. The van der Waals surface area contributed by atoms with Crippen molar-refractivity contribution in [2.45, 2.75) is 6.42 Å². The molecule has 1 aromatic carbocycles. The Morgan fingerprint density at radius 3 is 2.94 bits per heavy atom. The fourth-order valence-electron chi connectivity index (χ4n) is 1.32. The fourth-order valence-corrected chi connectivity index (χ4v) is 1.32. The highest BCUT2D eigenvalue weighted by Gasteiger charge is 2.08. The lowest BCUT2D eigenvalue weighted by molar-refractivity contribution is 0.0991.